The molecule has 2 aromatic rings. The predicted octanol–water partition coefficient (Wildman–Crippen LogP) is 2.99. The summed E-state index contributed by atoms with van der Waals surface area (Å²) in [6.45, 7) is 0.285. The van der Waals surface area contributed by atoms with Crippen LogP contribution in [-0.2, 0) is 16.1 Å². The minimum absolute atomic E-state index is 0.285. The number of halogens is 1. The molecular weight excluding hydrogens is 285 g/mol. The van der Waals surface area contributed by atoms with E-state index < -0.39 is 5.82 Å². The van der Waals surface area contributed by atoms with Gasteiger partial charge in [-0.1, -0.05) is 12.1 Å². The fourth-order valence-corrected chi connectivity index (χ4v) is 2.83. The molecule has 0 radical (unpaired) electrons. The number of hydrogen-bond acceptors (Lipinski definition) is 3. The number of carbonyl (C=O) groups is 2. The summed E-state index contributed by atoms with van der Waals surface area (Å²) in [6.07, 6.45) is 0.762. The first-order chi connectivity index (χ1) is 10.7. The molecule has 0 atom stereocenters. The van der Waals surface area contributed by atoms with Crippen LogP contribution in [0.4, 0.5) is 10.1 Å². The fourth-order valence-electron chi connectivity index (χ4n) is 2.83. The Bertz CT molecular complexity index is 870. The van der Waals surface area contributed by atoms with E-state index >= 15 is 0 Å². The third-order valence-electron chi connectivity index (χ3n) is 3.84. The van der Waals surface area contributed by atoms with Gasteiger partial charge >= 0.3 is 0 Å². The number of rotatable bonds is 1. The SMILES string of the molecule is O=Cc1ccc2c(c1)COC2=C1C(=O)Nc2ccc(F)cc21. The van der Waals surface area contributed by atoms with Crippen LogP contribution in [0.25, 0.3) is 11.3 Å². The molecule has 2 heterocycles. The number of fused-ring (bicyclic) bond motifs is 2. The van der Waals surface area contributed by atoms with Gasteiger partial charge in [-0.2, -0.15) is 0 Å². The van der Waals surface area contributed by atoms with E-state index in [9.17, 15) is 14.0 Å². The molecule has 2 aliphatic rings. The van der Waals surface area contributed by atoms with E-state index in [4.69, 9.17) is 4.74 Å². The molecule has 2 aliphatic heterocycles. The molecule has 22 heavy (non-hydrogen) atoms. The monoisotopic (exact) mass is 295 g/mol. The van der Waals surface area contributed by atoms with Crippen LogP contribution >= 0.6 is 0 Å². The molecule has 0 unspecified atom stereocenters. The Morgan fingerprint density at radius 1 is 1.14 bits per heavy atom. The van der Waals surface area contributed by atoms with E-state index in [1.807, 2.05) is 0 Å². The van der Waals surface area contributed by atoms with Crippen molar-refractivity contribution in [3.05, 3.63) is 64.5 Å². The lowest BCUT2D eigenvalue weighted by Crippen LogP contribution is -2.05. The molecule has 2 aromatic carbocycles. The summed E-state index contributed by atoms with van der Waals surface area (Å²) in [5.74, 6) is -0.305. The summed E-state index contributed by atoms with van der Waals surface area (Å²) in [7, 11) is 0. The number of anilines is 1. The lowest BCUT2D eigenvalue weighted by Gasteiger charge is -2.05. The molecule has 0 fully saturated rings. The fraction of sp³-hybridized carbons (Fsp3) is 0.0588. The zero-order valence-electron chi connectivity index (χ0n) is 11.4. The molecule has 0 bridgehead atoms. The highest BCUT2D eigenvalue weighted by atomic mass is 19.1. The van der Waals surface area contributed by atoms with Gasteiger partial charge in [0.15, 0.2) is 0 Å². The molecule has 1 amide bonds. The third-order valence-corrected chi connectivity index (χ3v) is 3.84. The van der Waals surface area contributed by atoms with Crippen LogP contribution in [0.1, 0.15) is 27.0 Å². The zero-order chi connectivity index (χ0) is 15.3. The van der Waals surface area contributed by atoms with E-state index in [0.717, 1.165) is 17.4 Å². The highest BCUT2D eigenvalue weighted by molar-refractivity contribution is 6.36. The largest absolute Gasteiger partial charge is 0.487 e. The Balaban J connectivity index is 1.93. The van der Waals surface area contributed by atoms with Crippen molar-refractivity contribution in [2.45, 2.75) is 6.61 Å². The Morgan fingerprint density at radius 3 is 2.82 bits per heavy atom. The second-order valence-electron chi connectivity index (χ2n) is 5.17. The number of nitrogens with one attached hydrogen (secondary N) is 1. The normalized spacial score (nSPS) is 18.5. The molecule has 0 saturated carbocycles. The molecule has 0 saturated heterocycles. The summed E-state index contributed by atoms with van der Waals surface area (Å²) in [5, 5.41) is 2.71. The molecule has 0 aliphatic carbocycles. The van der Waals surface area contributed by atoms with Gasteiger partial charge in [0.1, 0.15) is 24.5 Å². The topological polar surface area (TPSA) is 55.4 Å². The average molecular weight is 295 g/mol. The first-order valence-corrected chi connectivity index (χ1v) is 6.74. The summed E-state index contributed by atoms with van der Waals surface area (Å²) in [5.41, 5.74) is 3.53. The smallest absolute Gasteiger partial charge is 0.260 e. The van der Waals surface area contributed by atoms with Crippen LogP contribution < -0.4 is 5.32 Å². The molecule has 4 rings (SSSR count). The van der Waals surface area contributed by atoms with Gasteiger partial charge in [-0.3, -0.25) is 9.59 Å². The molecular formula is C17H10FNO3. The van der Waals surface area contributed by atoms with Crippen LogP contribution in [0.15, 0.2) is 36.4 Å². The molecule has 1 N–H and O–H groups in total. The second kappa shape index (κ2) is 4.53. The van der Waals surface area contributed by atoms with E-state index in [-0.39, 0.29) is 12.5 Å². The lowest BCUT2D eigenvalue weighted by molar-refractivity contribution is -0.110. The van der Waals surface area contributed by atoms with Gasteiger partial charge in [0, 0.05) is 27.9 Å². The number of carbonyl (C=O) groups excluding carboxylic acids is 2. The van der Waals surface area contributed by atoms with Gasteiger partial charge in [-0.25, -0.2) is 4.39 Å². The van der Waals surface area contributed by atoms with E-state index in [0.29, 0.717) is 28.1 Å². The molecule has 5 heteroatoms. The van der Waals surface area contributed by atoms with Crippen LogP contribution in [0, 0.1) is 5.82 Å². The Hall–Kier alpha value is -2.95. The molecule has 0 aromatic heterocycles. The maximum Gasteiger partial charge on any atom is 0.260 e. The van der Waals surface area contributed by atoms with Crippen LogP contribution in [0.3, 0.4) is 0 Å². The van der Waals surface area contributed by atoms with Gasteiger partial charge in [-0.15, -0.1) is 0 Å². The van der Waals surface area contributed by atoms with E-state index in [1.165, 1.54) is 18.2 Å². The molecule has 4 nitrogen and oxygen atoms in total. The van der Waals surface area contributed by atoms with Gasteiger partial charge in [0.25, 0.3) is 5.91 Å². The number of benzene rings is 2. The summed E-state index contributed by atoms with van der Waals surface area (Å²) >= 11 is 0. The van der Waals surface area contributed by atoms with Crippen molar-refractivity contribution in [1.29, 1.82) is 0 Å². The van der Waals surface area contributed by atoms with Crippen molar-refractivity contribution in [1.82, 2.24) is 0 Å². The van der Waals surface area contributed by atoms with Crippen molar-refractivity contribution >= 4 is 29.2 Å². The maximum atomic E-state index is 13.5. The highest BCUT2D eigenvalue weighted by Gasteiger charge is 2.32. The van der Waals surface area contributed by atoms with Crippen molar-refractivity contribution in [3.63, 3.8) is 0 Å². The van der Waals surface area contributed by atoms with Crippen molar-refractivity contribution in [3.8, 4) is 0 Å². The summed E-state index contributed by atoms with van der Waals surface area (Å²) in [4.78, 5) is 23.1. The van der Waals surface area contributed by atoms with E-state index in [2.05, 4.69) is 5.32 Å². The standard InChI is InChI=1S/C17H10FNO3/c18-11-2-4-14-13(6-11)15(17(21)19-14)16-12-3-1-9(7-20)5-10(12)8-22-16/h1-7H,8H2,(H,19,21). The molecule has 0 spiro atoms. The van der Waals surface area contributed by atoms with Gasteiger partial charge in [0.2, 0.25) is 0 Å². The Kier molecular flexibility index (Phi) is 2.63. The van der Waals surface area contributed by atoms with Crippen LogP contribution in [0.5, 0.6) is 0 Å². The Morgan fingerprint density at radius 2 is 2.00 bits per heavy atom. The molecule has 108 valence electrons. The predicted molar refractivity (Wildman–Crippen MR) is 78.5 cm³/mol. The van der Waals surface area contributed by atoms with Crippen molar-refractivity contribution in [2.75, 3.05) is 5.32 Å². The zero-order valence-corrected chi connectivity index (χ0v) is 11.4. The first kappa shape index (κ1) is 12.8. The summed E-state index contributed by atoms with van der Waals surface area (Å²) < 4.78 is 19.2. The lowest BCUT2D eigenvalue weighted by atomic mass is 9.99. The van der Waals surface area contributed by atoms with Crippen molar-refractivity contribution < 1.29 is 18.7 Å². The highest BCUT2D eigenvalue weighted by Crippen LogP contribution is 2.41. The number of hydrogen-bond donors (Lipinski definition) is 1. The van der Waals surface area contributed by atoms with Gasteiger partial charge in [0.05, 0.1) is 5.57 Å². The third kappa shape index (κ3) is 1.75. The number of ether oxygens (including phenoxy) is 1. The summed E-state index contributed by atoms with van der Waals surface area (Å²) in [6, 6.07) is 9.29. The van der Waals surface area contributed by atoms with Gasteiger partial charge < -0.3 is 10.1 Å². The van der Waals surface area contributed by atoms with Crippen molar-refractivity contribution in [2.24, 2.45) is 0 Å². The van der Waals surface area contributed by atoms with E-state index in [1.54, 1.807) is 18.2 Å². The maximum absolute atomic E-state index is 13.5. The first-order valence-electron chi connectivity index (χ1n) is 6.74. The van der Waals surface area contributed by atoms with Gasteiger partial charge in [-0.05, 0) is 24.3 Å². The van der Waals surface area contributed by atoms with Crippen LogP contribution in [0.2, 0.25) is 0 Å². The quantitative estimate of drug-likeness (QED) is 0.650. The number of aldehydes is 1. The second-order valence-corrected chi connectivity index (χ2v) is 5.17. The minimum Gasteiger partial charge on any atom is -0.487 e. The number of amides is 1. The van der Waals surface area contributed by atoms with Crippen LogP contribution in [-0.4, -0.2) is 12.2 Å². The Labute approximate surface area is 125 Å². The average Bonchev–Trinajstić information content (AvgIpc) is 3.06. The minimum atomic E-state index is -0.414.